The van der Waals surface area contributed by atoms with Gasteiger partial charge < -0.3 is 19.7 Å². The van der Waals surface area contributed by atoms with E-state index in [9.17, 15) is 18.0 Å². The fourth-order valence-corrected chi connectivity index (χ4v) is 7.77. The molecule has 0 saturated heterocycles. The number of nitrogens with one attached hydrogen (secondary N) is 1. The summed E-state index contributed by atoms with van der Waals surface area (Å²) in [4.78, 5) is 30.7. The van der Waals surface area contributed by atoms with Crippen LogP contribution in [-0.4, -0.2) is 58.0 Å². The highest BCUT2D eigenvalue weighted by atomic mass is 32.2. The first-order valence-electron chi connectivity index (χ1n) is 16.7. The topological polar surface area (TPSA) is 105 Å². The molecule has 1 atom stereocenters. The van der Waals surface area contributed by atoms with E-state index in [4.69, 9.17) is 9.47 Å². The zero-order chi connectivity index (χ0) is 34.8. The average molecular weight is 684 g/mol. The number of carbonyl (C=O) groups is 2. The lowest BCUT2D eigenvalue weighted by Gasteiger charge is -2.35. The van der Waals surface area contributed by atoms with Crippen LogP contribution in [0.25, 0.3) is 0 Å². The largest absolute Gasteiger partial charge is 0.497 e. The minimum Gasteiger partial charge on any atom is -0.497 e. The maximum absolute atomic E-state index is 14.8. The molecule has 4 aromatic carbocycles. The molecule has 2 amide bonds. The molecule has 258 valence electrons. The molecule has 4 aromatic rings. The SMILES string of the molecule is COc1ccc(OC)c(N(CC(=O)N(Cc2cccc(C)c2)[C@H](Cc2ccccc2)C(=O)NC2CCCCC2)S(=O)(=O)c2ccccc2)c1. The number of ether oxygens (including phenoxy) is 2. The number of amides is 2. The van der Waals surface area contributed by atoms with Gasteiger partial charge in [0.15, 0.2) is 0 Å². The van der Waals surface area contributed by atoms with Gasteiger partial charge in [0, 0.05) is 25.1 Å². The molecule has 1 aliphatic carbocycles. The number of sulfonamides is 1. The standard InChI is InChI=1S/C39H45N3O6S/c1-29-14-13-17-31(24-29)27-41(36(25-30-15-7-4-8-16-30)39(44)40-32-18-9-5-10-19-32)38(43)28-42(49(45,46)34-20-11-6-12-21-34)35-26-33(47-2)22-23-37(35)48-3/h4,6-8,11-17,20-24,26,32,36H,5,9-10,18-19,25,27-28H2,1-3H3,(H,40,44)/t36-/m1/s1. The molecule has 1 N–H and O–H groups in total. The Morgan fingerprint density at radius 1 is 0.816 bits per heavy atom. The van der Waals surface area contributed by atoms with Crippen LogP contribution in [0.5, 0.6) is 11.5 Å². The molecule has 0 radical (unpaired) electrons. The Bertz CT molecular complexity index is 1810. The van der Waals surface area contributed by atoms with Crippen molar-refractivity contribution in [2.45, 2.75) is 69.0 Å². The van der Waals surface area contributed by atoms with E-state index in [1.807, 2.05) is 61.5 Å². The number of carbonyl (C=O) groups excluding carboxylic acids is 2. The zero-order valence-corrected chi connectivity index (χ0v) is 29.2. The lowest BCUT2D eigenvalue weighted by atomic mass is 9.94. The summed E-state index contributed by atoms with van der Waals surface area (Å²) in [5.74, 6) is -0.157. The summed E-state index contributed by atoms with van der Waals surface area (Å²) in [6.45, 7) is 1.48. The van der Waals surface area contributed by atoms with Crippen LogP contribution >= 0.6 is 0 Å². The van der Waals surface area contributed by atoms with Gasteiger partial charge in [-0.2, -0.15) is 0 Å². The second-order valence-electron chi connectivity index (χ2n) is 12.4. The number of anilines is 1. The highest BCUT2D eigenvalue weighted by Gasteiger charge is 2.36. The van der Waals surface area contributed by atoms with Crippen molar-refractivity contribution in [2.24, 2.45) is 0 Å². The minimum atomic E-state index is -4.30. The van der Waals surface area contributed by atoms with E-state index in [-0.39, 0.29) is 41.2 Å². The number of aryl methyl sites for hydroxylation is 1. The summed E-state index contributed by atoms with van der Waals surface area (Å²) >= 11 is 0. The molecule has 0 aliphatic heterocycles. The summed E-state index contributed by atoms with van der Waals surface area (Å²) in [7, 11) is -1.38. The van der Waals surface area contributed by atoms with Crippen molar-refractivity contribution in [1.29, 1.82) is 0 Å². The number of hydrogen-bond donors (Lipinski definition) is 1. The number of methoxy groups -OCH3 is 2. The predicted octanol–water partition coefficient (Wildman–Crippen LogP) is 6.30. The van der Waals surface area contributed by atoms with E-state index in [2.05, 4.69) is 5.32 Å². The van der Waals surface area contributed by atoms with Gasteiger partial charge in [-0.25, -0.2) is 8.42 Å². The Morgan fingerprint density at radius 2 is 1.49 bits per heavy atom. The molecule has 5 rings (SSSR count). The number of hydrogen-bond acceptors (Lipinski definition) is 6. The predicted molar refractivity (Wildman–Crippen MR) is 191 cm³/mol. The summed E-state index contributed by atoms with van der Waals surface area (Å²) in [5, 5.41) is 3.24. The second-order valence-corrected chi connectivity index (χ2v) is 14.3. The van der Waals surface area contributed by atoms with E-state index >= 15 is 0 Å². The maximum Gasteiger partial charge on any atom is 0.264 e. The molecule has 0 heterocycles. The van der Waals surface area contributed by atoms with Crippen molar-refractivity contribution in [3.8, 4) is 11.5 Å². The molecule has 49 heavy (non-hydrogen) atoms. The Morgan fingerprint density at radius 3 is 2.14 bits per heavy atom. The quantitative estimate of drug-likeness (QED) is 0.167. The lowest BCUT2D eigenvalue weighted by molar-refractivity contribution is -0.140. The van der Waals surface area contributed by atoms with E-state index in [0.29, 0.717) is 5.75 Å². The van der Waals surface area contributed by atoms with Crippen molar-refractivity contribution in [3.63, 3.8) is 0 Å². The molecule has 1 saturated carbocycles. The molecule has 0 spiro atoms. The number of benzene rings is 4. The van der Waals surface area contributed by atoms with Crippen LogP contribution in [0.15, 0.2) is 108 Å². The molecule has 9 nitrogen and oxygen atoms in total. The van der Waals surface area contributed by atoms with E-state index in [1.165, 1.54) is 37.3 Å². The third kappa shape index (κ3) is 9.00. The number of rotatable bonds is 14. The third-order valence-electron chi connectivity index (χ3n) is 8.92. The Labute approximate surface area is 289 Å². The lowest BCUT2D eigenvalue weighted by Crippen LogP contribution is -2.55. The van der Waals surface area contributed by atoms with Gasteiger partial charge in [-0.05, 0) is 55.2 Å². The van der Waals surface area contributed by atoms with Crippen LogP contribution in [0.4, 0.5) is 5.69 Å². The van der Waals surface area contributed by atoms with Crippen LogP contribution in [-0.2, 0) is 32.6 Å². The monoisotopic (exact) mass is 683 g/mol. The minimum absolute atomic E-state index is 0.00813. The van der Waals surface area contributed by atoms with Gasteiger partial charge in [0.1, 0.15) is 24.1 Å². The summed E-state index contributed by atoms with van der Waals surface area (Å²) in [5.41, 5.74) is 2.86. The smallest absolute Gasteiger partial charge is 0.264 e. The van der Waals surface area contributed by atoms with Crippen LogP contribution in [0.3, 0.4) is 0 Å². The summed E-state index contributed by atoms with van der Waals surface area (Å²) < 4.78 is 40.9. The van der Waals surface area contributed by atoms with Crippen molar-refractivity contribution in [2.75, 3.05) is 25.1 Å². The first-order valence-corrected chi connectivity index (χ1v) is 18.1. The van der Waals surface area contributed by atoms with E-state index in [0.717, 1.165) is 53.1 Å². The zero-order valence-electron chi connectivity index (χ0n) is 28.4. The fraction of sp³-hybridized carbons (Fsp3) is 0.333. The van der Waals surface area contributed by atoms with E-state index in [1.54, 1.807) is 30.3 Å². The van der Waals surface area contributed by atoms with Crippen LogP contribution in [0.1, 0.15) is 48.8 Å². The van der Waals surface area contributed by atoms with Crippen molar-refractivity contribution < 1.29 is 27.5 Å². The third-order valence-corrected chi connectivity index (χ3v) is 10.7. The van der Waals surface area contributed by atoms with Crippen LogP contribution in [0.2, 0.25) is 0 Å². The maximum atomic E-state index is 14.8. The Hall–Kier alpha value is -4.83. The van der Waals surface area contributed by atoms with Gasteiger partial charge in [0.25, 0.3) is 10.0 Å². The molecule has 0 unspecified atom stereocenters. The summed E-state index contributed by atoms with van der Waals surface area (Å²) in [6, 6.07) is 29.2. The Kier molecular flexibility index (Phi) is 12.0. The van der Waals surface area contributed by atoms with Gasteiger partial charge in [-0.1, -0.05) is 97.6 Å². The fourth-order valence-electron chi connectivity index (χ4n) is 6.33. The van der Waals surface area contributed by atoms with Crippen molar-refractivity contribution in [1.82, 2.24) is 10.2 Å². The molecule has 0 bridgehead atoms. The second kappa shape index (κ2) is 16.5. The molecular weight excluding hydrogens is 639 g/mol. The number of nitrogens with zero attached hydrogens (tertiary/aromatic N) is 2. The van der Waals surface area contributed by atoms with Gasteiger partial charge >= 0.3 is 0 Å². The normalized spacial score (nSPS) is 14.0. The van der Waals surface area contributed by atoms with Gasteiger partial charge in [0.05, 0.1) is 24.8 Å². The van der Waals surface area contributed by atoms with Gasteiger partial charge in [0.2, 0.25) is 11.8 Å². The first kappa shape index (κ1) is 35.5. The molecule has 0 aromatic heterocycles. The molecular formula is C39H45N3O6S. The molecule has 1 fully saturated rings. The van der Waals surface area contributed by atoms with Crippen LogP contribution in [0, 0.1) is 6.92 Å². The summed E-state index contributed by atoms with van der Waals surface area (Å²) in [6.07, 6.45) is 5.23. The Balaban J connectivity index is 1.61. The van der Waals surface area contributed by atoms with Crippen LogP contribution < -0.4 is 19.1 Å². The highest BCUT2D eigenvalue weighted by molar-refractivity contribution is 7.92. The van der Waals surface area contributed by atoms with Crippen molar-refractivity contribution in [3.05, 3.63) is 120 Å². The average Bonchev–Trinajstić information content (AvgIpc) is 3.12. The van der Waals surface area contributed by atoms with Crippen molar-refractivity contribution >= 4 is 27.5 Å². The molecule has 1 aliphatic rings. The van der Waals surface area contributed by atoms with Gasteiger partial charge in [-0.15, -0.1) is 0 Å². The first-order chi connectivity index (χ1) is 23.7. The highest BCUT2D eigenvalue weighted by Crippen LogP contribution is 2.36. The van der Waals surface area contributed by atoms with E-state index < -0.39 is 28.5 Å². The van der Waals surface area contributed by atoms with Gasteiger partial charge in [-0.3, -0.25) is 13.9 Å². The molecule has 10 heteroatoms.